The lowest BCUT2D eigenvalue weighted by Gasteiger charge is -2.32. The Kier molecular flexibility index (Phi) is 6.27. The molecule has 1 aliphatic heterocycles. The van der Waals surface area contributed by atoms with E-state index in [0.29, 0.717) is 23.0 Å². The fourth-order valence-corrected chi connectivity index (χ4v) is 5.25. The first kappa shape index (κ1) is 20.6. The van der Waals surface area contributed by atoms with Gasteiger partial charge in [0.1, 0.15) is 5.75 Å². The Morgan fingerprint density at radius 2 is 2.00 bits per heavy atom. The van der Waals surface area contributed by atoms with Gasteiger partial charge in [0.2, 0.25) is 10.0 Å². The van der Waals surface area contributed by atoms with Gasteiger partial charge in [0.15, 0.2) is 0 Å². The van der Waals surface area contributed by atoms with E-state index in [1.165, 1.54) is 23.5 Å². The summed E-state index contributed by atoms with van der Waals surface area (Å²) in [5.41, 5.74) is 0.658. The first-order valence-electron chi connectivity index (χ1n) is 9.09. The third kappa shape index (κ3) is 4.32. The normalized spacial score (nSPS) is 17.9. The summed E-state index contributed by atoms with van der Waals surface area (Å²) in [5, 5.41) is 3.18. The second-order valence-corrected chi connectivity index (χ2v) is 9.11. The molecular weight excluding hydrogens is 400 g/mol. The molecule has 150 valence electrons. The van der Waals surface area contributed by atoms with Crippen molar-refractivity contribution in [3.63, 3.8) is 0 Å². The Labute approximate surface area is 170 Å². The van der Waals surface area contributed by atoms with Gasteiger partial charge in [-0.15, -0.1) is 0 Å². The average molecular weight is 423 g/mol. The maximum Gasteiger partial charge on any atom is 0.255 e. The number of rotatable bonds is 5. The molecule has 8 heteroatoms. The highest BCUT2D eigenvalue weighted by atomic mass is 35.5. The van der Waals surface area contributed by atoms with Gasteiger partial charge in [-0.3, -0.25) is 4.79 Å². The number of carbonyl (C=O) groups excluding carboxylic acids is 1. The Morgan fingerprint density at radius 1 is 1.21 bits per heavy atom. The van der Waals surface area contributed by atoms with Gasteiger partial charge in [-0.05, 0) is 56.2 Å². The number of sulfonamides is 1. The minimum Gasteiger partial charge on any atom is -0.495 e. The van der Waals surface area contributed by atoms with Crippen molar-refractivity contribution in [2.75, 3.05) is 19.0 Å². The van der Waals surface area contributed by atoms with Crippen molar-refractivity contribution in [2.24, 2.45) is 0 Å². The van der Waals surface area contributed by atoms with Gasteiger partial charge in [-0.1, -0.05) is 24.1 Å². The number of hydrogen-bond donors (Lipinski definition) is 1. The summed E-state index contributed by atoms with van der Waals surface area (Å²) in [6.45, 7) is 2.42. The van der Waals surface area contributed by atoms with Crippen LogP contribution < -0.4 is 10.1 Å². The molecule has 2 aromatic rings. The second kappa shape index (κ2) is 8.51. The number of methoxy groups -OCH3 is 1. The molecule has 28 heavy (non-hydrogen) atoms. The van der Waals surface area contributed by atoms with E-state index in [1.807, 2.05) is 6.92 Å². The standard InChI is InChI=1S/C20H23ClN2O4S/c1-14-6-3-4-11-23(14)28(25,26)17-8-5-7-15(12-17)20(24)22-18-13-16(21)9-10-19(18)27-2/h5,7-10,12-14H,3-4,6,11H2,1-2H3,(H,22,24). The van der Waals surface area contributed by atoms with Crippen LogP contribution >= 0.6 is 11.6 Å². The predicted molar refractivity (Wildman–Crippen MR) is 110 cm³/mol. The van der Waals surface area contributed by atoms with Crippen LogP contribution in [0.4, 0.5) is 5.69 Å². The molecule has 0 spiro atoms. The van der Waals surface area contributed by atoms with Crippen LogP contribution in [0.25, 0.3) is 0 Å². The van der Waals surface area contributed by atoms with Crippen LogP contribution in [0.2, 0.25) is 5.02 Å². The summed E-state index contributed by atoms with van der Waals surface area (Å²) in [6, 6.07) is 10.9. The molecule has 0 saturated carbocycles. The third-order valence-electron chi connectivity index (χ3n) is 4.85. The number of benzene rings is 2. The lowest BCUT2D eigenvalue weighted by Crippen LogP contribution is -2.41. The zero-order chi connectivity index (χ0) is 20.3. The van der Waals surface area contributed by atoms with Crippen molar-refractivity contribution in [3.8, 4) is 5.75 Å². The van der Waals surface area contributed by atoms with Crippen molar-refractivity contribution in [3.05, 3.63) is 53.1 Å². The Hall–Kier alpha value is -2.09. The van der Waals surface area contributed by atoms with Gasteiger partial charge in [0.05, 0.1) is 17.7 Å². The summed E-state index contributed by atoms with van der Waals surface area (Å²) in [4.78, 5) is 12.8. The molecule has 0 aromatic heterocycles. The van der Waals surface area contributed by atoms with Crippen LogP contribution in [0.3, 0.4) is 0 Å². The number of ether oxygens (including phenoxy) is 1. The van der Waals surface area contributed by atoms with Gasteiger partial charge < -0.3 is 10.1 Å². The summed E-state index contributed by atoms with van der Waals surface area (Å²) >= 11 is 6.00. The first-order chi connectivity index (χ1) is 13.3. The summed E-state index contributed by atoms with van der Waals surface area (Å²) in [7, 11) is -2.16. The Morgan fingerprint density at radius 3 is 2.71 bits per heavy atom. The first-order valence-corrected chi connectivity index (χ1v) is 10.9. The van der Waals surface area contributed by atoms with Crippen LogP contribution in [0.5, 0.6) is 5.75 Å². The zero-order valence-electron chi connectivity index (χ0n) is 15.8. The van der Waals surface area contributed by atoms with Crippen LogP contribution in [-0.2, 0) is 10.0 Å². The summed E-state index contributed by atoms with van der Waals surface area (Å²) < 4.78 is 32.8. The number of carbonyl (C=O) groups is 1. The molecule has 3 rings (SSSR count). The molecule has 1 amide bonds. The number of nitrogens with one attached hydrogen (secondary N) is 1. The van der Waals surface area contributed by atoms with E-state index in [2.05, 4.69) is 5.32 Å². The lowest BCUT2D eigenvalue weighted by atomic mass is 10.1. The quantitative estimate of drug-likeness (QED) is 0.784. The molecular formula is C20H23ClN2O4S. The lowest BCUT2D eigenvalue weighted by molar-refractivity contribution is 0.102. The predicted octanol–water partition coefficient (Wildman–Crippen LogP) is 4.16. The molecule has 1 N–H and O–H groups in total. The van der Waals surface area contributed by atoms with Crippen molar-refractivity contribution < 1.29 is 17.9 Å². The minimum absolute atomic E-state index is 0.0491. The molecule has 1 fully saturated rings. The van der Waals surface area contributed by atoms with Crippen LogP contribution in [0.15, 0.2) is 47.4 Å². The van der Waals surface area contributed by atoms with E-state index < -0.39 is 15.9 Å². The number of piperidine rings is 1. The highest BCUT2D eigenvalue weighted by molar-refractivity contribution is 7.89. The third-order valence-corrected chi connectivity index (χ3v) is 7.10. The monoisotopic (exact) mass is 422 g/mol. The van der Waals surface area contributed by atoms with Crippen molar-refractivity contribution in [2.45, 2.75) is 37.1 Å². The van der Waals surface area contributed by atoms with Crippen molar-refractivity contribution in [1.29, 1.82) is 0 Å². The number of hydrogen-bond acceptors (Lipinski definition) is 4. The Balaban J connectivity index is 1.87. The van der Waals surface area contributed by atoms with Crippen LogP contribution in [0.1, 0.15) is 36.5 Å². The molecule has 6 nitrogen and oxygen atoms in total. The molecule has 0 bridgehead atoms. The fourth-order valence-electron chi connectivity index (χ4n) is 3.33. The van der Waals surface area contributed by atoms with Gasteiger partial charge >= 0.3 is 0 Å². The second-order valence-electron chi connectivity index (χ2n) is 6.79. The van der Waals surface area contributed by atoms with Gasteiger partial charge in [0.25, 0.3) is 5.91 Å². The van der Waals surface area contributed by atoms with Gasteiger partial charge in [-0.25, -0.2) is 8.42 Å². The van der Waals surface area contributed by atoms with Crippen molar-refractivity contribution >= 4 is 33.2 Å². The van der Waals surface area contributed by atoms with E-state index in [1.54, 1.807) is 30.3 Å². The summed E-state index contributed by atoms with van der Waals surface area (Å²) in [5.74, 6) is 0.0213. The molecule has 2 aromatic carbocycles. The van der Waals surface area contributed by atoms with E-state index >= 15 is 0 Å². The molecule has 0 aliphatic carbocycles. The van der Waals surface area contributed by atoms with E-state index in [-0.39, 0.29) is 16.5 Å². The maximum atomic E-state index is 13.0. The smallest absolute Gasteiger partial charge is 0.255 e. The van der Waals surface area contributed by atoms with E-state index in [0.717, 1.165) is 19.3 Å². The fraction of sp³-hybridized carbons (Fsp3) is 0.350. The SMILES string of the molecule is COc1ccc(Cl)cc1NC(=O)c1cccc(S(=O)(=O)N2CCCCC2C)c1. The topological polar surface area (TPSA) is 75.7 Å². The largest absolute Gasteiger partial charge is 0.495 e. The molecule has 0 radical (unpaired) electrons. The number of halogens is 1. The Bertz CT molecular complexity index is 978. The molecule has 1 saturated heterocycles. The average Bonchev–Trinajstić information content (AvgIpc) is 2.68. The highest BCUT2D eigenvalue weighted by Gasteiger charge is 2.31. The van der Waals surface area contributed by atoms with Gasteiger partial charge in [0, 0.05) is 23.2 Å². The molecule has 1 aliphatic rings. The van der Waals surface area contributed by atoms with Crippen LogP contribution in [0, 0.1) is 0 Å². The maximum absolute atomic E-state index is 13.0. The highest BCUT2D eigenvalue weighted by Crippen LogP contribution is 2.29. The zero-order valence-corrected chi connectivity index (χ0v) is 17.4. The molecule has 1 atom stereocenters. The molecule has 1 unspecified atom stereocenters. The van der Waals surface area contributed by atoms with Crippen LogP contribution in [-0.4, -0.2) is 38.3 Å². The van der Waals surface area contributed by atoms with Gasteiger partial charge in [-0.2, -0.15) is 4.31 Å². The summed E-state index contributed by atoms with van der Waals surface area (Å²) in [6.07, 6.45) is 2.71. The number of amides is 1. The van der Waals surface area contributed by atoms with E-state index in [4.69, 9.17) is 16.3 Å². The number of nitrogens with zero attached hydrogens (tertiary/aromatic N) is 1. The number of anilines is 1. The van der Waals surface area contributed by atoms with Crippen molar-refractivity contribution in [1.82, 2.24) is 4.31 Å². The van der Waals surface area contributed by atoms with E-state index in [9.17, 15) is 13.2 Å². The minimum atomic E-state index is -3.65. The molecule has 1 heterocycles.